The summed E-state index contributed by atoms with van der Waals surface area (Å²) < 4.78 is 2.45. The summed E-state index contributed by atoms with van der Waals surface area (Å²) in [6, 6.07) is 5.75. The average Bonchev–Trinajstić information content (AvgIpc) is 2.63. The molecule has 19 heavy (non-hydrogen) atoms. The molecule has 1 aromatic carbocycles. The zero-order chi connectivity index (χ0) is 14.0. The Morgan fingerprint density at radius 3 is 2.95 bits per heavy atom. The monoisotopic (exact) mass is 297 g/mol. The molecule has 2 N–H and O–H groups in total. The van der Waals surface area contributed by atoms with Crippen LogP contribution in [0, 0.1) is 4.77 Å². The number of aromatic nitrogens is 2. The fourth-order valence-corrected chi connectivity index (χ4v) is 2.56. The van der Waals surface area contributed by atoms with Gasteiger partial charge in [0.05, 0.1) is 16.1 Å². The van der Waals surface area contributed by atoms with Gasteiger partial charge in [-0.25, -0.2) is 0 Å². The van der Waals surface area contributed by atoms with Gasteiger partial charge in [0.15, 0.2) is 4.77 Å². The van der Waals surface area contributed by atoms with Gasteiger partial charge in [-0.2, -0.15) is 0 Å². The first-order valence-electron chi connectivity index (χ1n) is 6.15. The van der Waals surface area contributed by atoms with E-state index in [0.29, 0.717) is 22.8 Å². The summed E-state index contributed by atoms with van der Waals surface area (Å²) in [7, 11) is 0. The SMILES string of the molecule is CC(C)NC(=O)CCn1c(=S)[nH]c2cccc(Cl)c21. The maximum atomic E-state index is 11.7. The predicted molar refractivity (Wildman–Crippen MR) is 80.0 cm³/mol. The summed E-state index contributed by atoms with van der Waals surface area (Å²) in [6.07, 6.45) is 0.380. The van der Waals surface area contributed by atoms with Gasteiger partial charge < -0.3 is 14.9 Å². The normalized spacial score (nSPS) is 11.2. The number of aryl methyl sites for hydroxylation is 1. The van der Waals surface area contributed by atoms with Gasteiger partial charge in [-0.15, -0.1) is 0 Å². The minimum Gasteiger partial charge on any atom is -0.354 e. The fraction of sp³-hybridized carbons (Fsp3) is 0.385. The van der Waals surface area contributed by atoms with E-state index >= 15 is 0 Å². The number of rotatable bonds is 4. The molecule has 1 amide bonds. The quantitative estimate of drug-likeness (QED) is 0.851. The molecule has 0 atom stereocenters. The van der Waals surface area contributed by atoms with Crippen LogP contribution in [0.15, 0.2) is 18.2 Å². The smallest absolute Gasteiger partial charge is 0.221 e. The van der Waals surface area contributed by atoms with E-state index in [9.17, 15) is 4.79 Å². The number of imidazole rings is 1. The van der Waals surface area contributed by atoms with E-state index in [1.807, 2.05) is 36.6 Å². The molecule has 0 fully saturated rings. The predicted octanol–water partition coefficient (Wildman–Crippen LogP) is 3.27. The lowest BCUT2D eigenvalue weighted by Crippen LogP contribution is -2.30. The summed E-state index contributed by atoms with van der Waals surface area (Å²) in [5.41, 5.74) is 1.74. The lowest BCUT2D eigenvalue weighted by atomic mass is 10.3. The summed E-state index contributed by atoms with van der Waals surface area (Å²) in [5, 5.41) is 3.49. The van der Waals surface area contributed by atoms with Crippen molar-refractivity contribution in [3.05, 3.63) is 28.0 Å². The number of carbonyl (C=O) groups is 1. The van der Waals surface area contributed by atoms with Crippen LogP contribution in [-0.4, -0.2) is 21.5 Å². The molecule has 0 spiro atoms. The molecule has 0 saturated carbocycles. The molecule has 0 aliphatic heterocycles. The van der Waals surface area contributed by atoms with E-state index in [2.05, 4.69) is 10.3 Å². The Morgan fingerprint density at radius 1 is 1.53 bits per heavy atom. The van der Waals surface area contributed by atoms with Gasteiger partial charge in [-0.05, 0) is 38.2 Å². The third-order valence-electron chi connectivity index (χ3n) is 2.76. The molecule has 0 saturated heterocycles. The van der Waals surface area contributed by atoms with Gasteiger partial charge >= 0.3 is 0 Å². The van der Waals surface area contributed by atoms with Crippen molar-refractivity contribution in [1.29, 1.82) is 0 Å². The molecule has 102 valence electrons. The molecule has 0 unspecified atom stereocenters. The molecule has 0 aliphatic carbocycles. The second-order valence-electron chi connectivity index (χ2n) is 4.69. The number of H-pyrrole nitrogens is 1. The molecule has 1 aromatic heterocycles. The molecule has 0 bridgehead atoms. The Kier molecular flexibility index (Phi) is 4.27. The molecule has 0 radical (unpaired) electrons. The zero-order valence-corrected chi connectivity index (χ0v) is 12.4. The number of hydrogen-bond acceptors (Lipinski definition) is 2. The van der Waals surface area contributed by atoms with Crippen molar-refractivity contribution in [1.82, 2.24) is 14.9 Å². The molecular weight excluding hydrogens is 282 g/mol. The summed E-state index contributed by atoms with van der Waals surface area (Å²) in [5.74, 6) is 0.0123. The van der Waals surface area contributed by atoms with Crippen LogP contribution in [0.3, 0.4) is 0 Å². The van der Waals surface area contributed by atoms with Crippen LogP contribution in [0.4, 0.5) is 0 Å². The molecule has 6 heteroatoms. The maximum Gasteiger partial charge on any atom is 0.221 e. The Morgan fingerprint density at radius 2 is 2.26 bits per heavy atom. The number of fused-ring (bicyclic) bond motifs is 1. The van der Waals surface area contributed by atoms with Crippen molar-refractivity contribution in [2.24, 2.45) is 0 Å². The molecule has 0 aliphatic rings. The zero-order valence-electron chi connectivity index (χ0n) is 10.9. The largest absolute Gasteiger partial charge is 0.354 e. The first-order valence-corrected chi connectivity index (χ1v) is 6.94. The Bertz CT molecular complexity index is 659. The molecule has 2 rings (SSSR count). The van der Waals surface area contributed by atoms with Crippen LogP contribution < -0.4 is 5.32 Å². The highest BCUT2D eigenvalue weighted by atomic mass is 35.5. The van der Waals surface area contributed by atoms with Crippen molar-refractivity contribution in [2.75, 3.05) is 0 Å². The first-order chi connectivity index (χ1) is 8.99. The van der Waals surface area contributed by atoms with E-state index in [4.69, 9.17) is 23.8 Å². The number of para-hydroxylation sites is 1. The van der Waals surface area contributed by atoms with Gasteiger partial charge in [0.25, 0.3) is 0 Å². The number of aromatic amines is 1. The summed E-state index contributed by atoms with van der Waals surface area (Å²) >= 11 is 11.5. The minimum absolute atomic E-state index is 0.0123. The van der Waals surface area contributed by atoms with Gasteiger partial charge in [-0.3, -0.25) is 4.79 Å². The standard InChI is InChI=1S/C13H16ClN3OS/c1-8(2)15-11(18)6-7-17-12-9(14)4-3-5-10(12)16-13(17)19/h3-5,8H,6-7H2,1-2H3,(H,15,18)(H,16,19). The Balaban J connectivity index is 2.24. The Labute approximate surface area is 121 Å². The van der Waals surface area contributed by atoms with Crippen molar-refractivity contribution in [2.45, 2.75) is 32.9 Å². The second-order valence-corrected chi connectivity index (χ2v) is 5.48. The van der Waals surface area contributed by atoms with Gasteiger partial charge in [-0.1, -0.05) is 17.7 Å². The number of hydrogen-bond donors (Lipinski definition) is 2. The second kappa shape index (κ2) is 5.75. The number of halogens is 1. The fourth-order valence-electron chi connectivity index (χ4n) is 2.00. The van der Waals surface area contributed by atoms with Gasteiger partial charge in [0.1, 0.15) is 0 Å². The van der Waals surface area contributed by atoms with Crippen molar-refractivity contribution >= 4 is 40.8 Å². The lowest BCUT2D eigenvalue weighted by Gasteiger charge is -2.09. The van der Waals surface area contributed by atoms with Crippen LogP contribution in [0.5, 0.6) is 0 Å². The van der Waals surface area contributed by atoms with Crippen LogP contribution >= 0.6 is 23.8 Å². The maximum absolute atomic E-state index is 11.7. The molecular formula is C13H16ClN3OS. The topological polar surface area (TPSA) is 49.8 Å². The van der Waals surface area contributed by atoms with Crippen LogP contribution in [0.25, 0.3) is 11.0 Å². The van der Waals surface area contributed by atoms with E-state index in [0.717, 1.165) is 11.0 Å². The molecule has 1 heterocycles. The first kappa shape index (κ1) is 14.1. The van der Waals surface area contributed by atoms with Crippen LogP contribution in [0.1, 0.15) is 20.3 Å². The summed E-state index contributed by atoms with van der Waals surface area (Å²) in [4.78, 5) is 14.8. The van der Waals surface area contributed by atoms with Crippen LogP contribution in [0.2, 0.25) is 5.02 Å². The van der Waals surface area contributed by atoms with Gasteiger partial charge in [0, 0.05) is 19.0 Å². The minimum atomic E-state index is 0.0123. The van der Waals surface area contributed by atoms with E-state index in [1.54, 1.807) is 0 Å². The molecule has 4 nitrogen and oxygen atoms in total. The highest BCUT2D eigenvalue weighted by Gasteiger charge is 2.10. The number of amides is 1. The van der Waals surface area contributed by atoms with Crippen molar-refractivity contribution in [3.63, 3.8) is 0 Å². The number of benzene rings is 1. The number of nitrogens with one attached hydrogen (secondary N) is 2. The third-order valence-corrected chi connectivity index (χ3v) is 3.38. The van der Waals surface area contributed by atoms with Crippen molar-refractivity contribution in [3.8, 4) is 0 Å². The summed E-state index contributed by atoms with van der Waals surface area (Å²) in [6.45, 7) is 4.39. The van der Waals surface area contributed by atoms with E-state index in [-0.39, 0.29) is 11.9 Å². The highest BCUT2D eigenvalue weighted by Crippen LogP contribution is 2.23. The lowest BCUT2D eigenvalue weighted by molar-refractivity contribution is -0.121. The van der Waals surface area contributed by atoms with E-state index < -0.39 is 0 Å². The van der Waals surface area contributed by atoms with Crippen molar-refractivity contribution < 1.29 is 4.79 Å². The third kappa shape index (κ3) is 3.16. The molecule has 2 aromatic rings. The Hall–Kier alpha value is -1.33. The van der Waals surface area contributed by atoms with E-state index in [1.165, 1.54) is 0 Å². The van der Waals surface area contributed by atoms with Crippen LogP contribution in [-0.2, 0) is 11.3 Å². The number of carbonyl (C=O) groups excluding carboxylic acids is 1. The average molecular weight is 298 g/mol. The highest BCUT2D eigenvalue weighted by molar-refractivity contribution is 7.71. The van der Waals surface area contributed by atoms with Gasteiger partial charge in [0.2, 0.25) is 5.91 Å². The number of nitrogens with zero attached hydrogens (tertiary/aromatic N) is 1.